The van der Waals surface area contributed by atoms with Crippen LogP contribution in [0.3, 0.4) is 0 Å². The fourth-order valence-corrected chi connectivity index (χ4v) is 3.19. The van der Waals surface area contributed by atoms with E-state index in [9.17, 15) is 0 Å². The molecule has 0 bridgehead atoms. The molecule has 0 saturated carbocycles. The van der Waals surface area contributed by atoms with Crippen molar-refractivity contribution >= 4 is 39.1 Å². The van der Waals surface area contributed by atoms with Gasteiger partial charge in [-0.05, 0) is 41.3 Å². The topological polar surface area (TPSA) is 12.0 Å². The number of halogens is 2. The smallest absolute Gasteiger partial charge is 0.0256 e. The van der Waals surface area contributed by atoms with E-state index >= 15 is 0 Å². The summed E-state index contributed by atoms with van der Waals surface area (Å²) in [6.07, 6.45) is 1.25. The summed E-state index contributed by atoms with van der Waals surface area (Å²) in [5.74, 6) is 0.669. The van der Waals surface area contributed by atoms with E-state index in [0.29, 0.717) is 5.92 Å². The third-order valence-electron chi connectivity index (χ3n) is 3.39. The summed E-state index contributed by atoms with van der Waals surface area (Å²) in [5.41, 5.74) is 1.48. The normalized spacial score (nSPS) is 19.2. The average Bonchev–Trinajstić information content (AvgIpc) is 2.82. The lowest BCUT2D eigenvalue weighted by Gasteiger charge is -2.13. The van der Waals surface area contributed by atoms with Crippen molar-refractivity contribution in [2.45, 2.75) is 12.3 Å². The Balaban J connectivity index is 0.00000108. The highest BCUT2D eigenvalue weighted by Gasteiger charge is 2.19. The zero-order valence-electron chi connectivity index (χ0n) is 9.45. The van der Waals surface area contributed by atoms with Crippen molar-refractivity contribution in [1.29, 1.82) is 0 Å². The summed E-state index contributed by atoms with van der Waals surface area (Å²) < 4.78 is 1.22. The van der Waals surface area contributed by atoms with Gasteiger partial charge in [-0.3, -0.25) is 0 Å². The highest BCUT2D eigenvalue weighted by atomic mass is 79.9. The maximum atomic E-state index is 3.67. The molecule has 3 rings (SSSR count). The second-order valence-electron chi connectivity index (χ2n) is 4.37. The van der Waals surface area contributed by atoms with Gasteiger partial charge in [-0.15, -0.1) is 12.4 Å². The fraction of sp³-hybridized carbons (Fsp3) is 0.286. The number of hydrogen-bond acceptors (Lipinski definition) is 1. The zero-order valence-corrected chi connectivity index (χ0v) is 11.9. The van der Waals surface area contributed by atoms with Crippen LogP contribution in [-0.4, -0.2) is 13.1 Å². The van der Waals surface area contributed by atoms with Crippen LogP contribution in [0, 0.1) is 0 Å². The number of rotatable bonds is 1. The van der Waals surface area contributed by atoms with Crippen LogP contribution in [-0.2, 0) is 0 Å². The fourth-order valence-electron chi connectivity index (χ4n) is 2.58. The third-order valence-corrected chi connectivity index (χ3v) is 4.05. The Hall–Kier alpha value is -0.570. The van der Waals surface area contributed by atoms with E-state index in [1.165, 1.54) is 27.2 Å². The average molecular weight is 313 g/mol. The molecule has 0 amide bonds. The summed E-state index contributed by atoms with van der Waals surface area (Å²) in [6.45, 7) is 2.26. The quantitative estimate of drug-likeness (QED) is 0.836. The molecule has 2 aromatic rings. The van der Waals surface area contributed by atoms with Gasteiger partial charge in [0.2, 0.25) is 0 Å². The molecule has 0 spiro atoms. The monoisotopic (exact) mass is 311 g/mol. The van der Waals surface area contributed by atoms with Crippen LogP contribution in [0.2, 0.25) is 0 Å². The van der Waals surface area contributed by atoms with Gasteiger partial charge in [0.25, 0.3) is 0 Å². The minimum absolute atomic E-state index is 0. The molecule has 1 nitrogen and oxygen atoms in total. The molecule has 0 radical (unpaired) electrons. The Bertz CT molecular complexity index is 515. The van der Waals surface area contributed by atoms with Crippen molar-refractivity contribution in [3.05, 3.63) is 46.4 Å². The Kier molecular flexibility index (Phi) is 4.08. The van der Waals surface area contributed by atoms with Crippen molar-refractivity contribution in [2.24, 2.45) is 0 Å². The van der Waals surface area contributed by atoms with E-state index in [1.54, 1.807) is 0 Å². The zero-order chi connectivity index (χ0) is 11.0. The Morgan fingerprint density at radius 1 is 1.12 bits per heavy atom. The summed E-state index contributed by atoms with van der Waals surface area (Å²) in [7, 11) is 0. The summed E-state index contributed by atoms with van der Waals surface area (Å²) in [5, 5.41) is 6.16. The van der Waals surface area contributed by atoms with Crippen LogP contribution in [0.15, 0.2) is 40.9 Å². The second kappa shape index (κ2) is 5.38. The standard InChI is InChI=1S/C14H14BrN.ClH/c15-13-6-2-4-10-3-1-5-12(14(10)13)11-7-8-16-9-11;/h1-6,11,16H,7-9H2;1H. The van der Waals surface area contributed by atoms with Gasteiger partial charge in [0.1, 0.15) is 0 Å². The minimum atomic E-state index is 0. The molecule has 0 aromatic heterocycles. The molecule has 0 aliphatic carbocycles. The van der Waals surface area contributed by atoms with Gasteiger partial charge in [0.05, 0.1) is 0 Å². The number of benzene rings is 2. The highest BCUT2D eigenvalue weighted by Crippen LogP contribution is 2.33. The maximum Gasteiger partial charge on any atom is 0.0256 e. The third kappa shape index (κ3) is 2.35. The van der Waals surface area contributed by atoms with Gasteiger partial charge in [-0.25, -0.2) is 0 Å². The van der Waals surface area contributed by atoms with Gasteiger partial charge in [0, 0.05) is 11.0 Å². The van der Waals surface area contributed by atoms with Crippen LogP contribution in [0.25, 0.3) is 10.8 Å². The van der Waals surface area contributed by atoms with Crippen LogP contribution in [0.4, 0.5) is 0 Å². The van der Waals surface area contributed by atoms with E-state index in [-0.39, 0.29) is 12.4 Å². The minimum Gasteiger partial charge on any atom is -0.316 e. The first-order valence-electron chi connectivity index (χ1n) is 5.74. The molecule has 1 fully saturated rings. The predicted octanol–water partition coefficient (Wildman–Crippen LogP) is 4.10. The number of hydrogen-bond donors (Lipinski definition) is 1. The van der Waals surface area contributed by atoms with Crippen LogP contribution in [0.1, 0.15) is 17.9 Å². The molecule has 1 aliphatic heterocycles. The molecule has 90 valence electrons. The van der Waals surface area contributed by atoms with E-state index in [1.807, 2.05) is 0 Å². The maximum absolute atomic E-state index is 3.67. The van der Waals surface area contributed by atoms with E-state index in [2.05, 4.69) is 57.6 Å². The van der Waals surface area contributed by atoms with E-state index < -0.39 is 0 Å². The molecule has 1 atom stereocenters. The van der Waals surface area contributed by atoms with Crippen molar-refractivity contribution < 1.29 is 0 Å². The Morgan fingerprint density at radius 2 is 1.88 bits per heavy atom. The SMILES string of the molecule is Brc1cccc2cccc(C3CCNC3)c12.Cl. The lowest BCUT2D eigenvalue weighted by Crippen LogP contribution is -2.08. The first kappa shape index (κ1) is 12.9. The van der Waals surface area contributed by atoms with Gasteiger partial charge >= 0.3 is 0 Å². The van der Waals surface area contributed by atoms with Gasteiger partial charge < -0.3 is 5.32 Å². The molecular weight excluding hydrogens is 298 g/mol. The van der Waals surface area contributed by atoms with Crippen molar-refractivity contribution in [3.63, 3.8) is 0 Å². The van der Waals surface area contributed by atoms with Crippen molar-refractivity contribution in [2.75, 3.05) is 13.1 Å². The van der Waals surface area contributed by atoms with Gasteiger partial charge in [-0.2, -0.15) is 0 Å². The summed E-state index contributed by atoms with van der Waals surface area (Å²) in [6, 6.07) is 13.0. The molecular formula is C14H15BrClN. The molecule has 17 heavy (non-hydrogen) atoms. The lowest BCUT2D eigenvalue weighted by atomic mass is 9.93. The van der Waals surface area contributed by atoms with Crippen LogP contribution >= 0.6 is 28.3 Å². The van der Waals surface area contributed by atoms with E-state index in [4.69, 9.17) is 0 Å². The van der Waals surface area contributed by atoms with Crippen LogP contribution in [0.5, 0.6) is 0 Å². The van der Waals surface area contributed by atoms with Crippen LogP contribution < -0.4 is 5.32 Å². The number of fused-ring (bicyclic) bond motifs is 1. The number of nitrogens with one attached hydrogen (secondary N) is 1. The first-order chi connectivity index (χ1) is 7.86. The molecule has 1 N–H and O–H groups in total. The Labute approximate surface area is 116 Å². The van der Waals surface area contributed by atoms with Gasteiger partial charge in [-0.1, -0.05) is 46.3 Å². The summed E-state index contributed by atoms with van der Waals surface area (Å²) >= 11 is 3.67. The molecule has 1 aliphatic rings. The van der Waals surface area contributed by atoms with E-state index in [0.717, 1.165) is 13.1 Å². The molecule has 1 unspecified atom stereocenters. The largest absolute Gasteiger partial charge is 0.316 e. The second-order valence-corrected chi connectivity index (χ2v) is 5.23. The summed E-state index contributed by atoms with van der Waals surface area (Å²) in [4.78, 5) is 0. The van der Waals surface area contributed by atoms with Crippen molar-refractivity contribution in [3.8, 4) is 0 Å². The lowest BCUT2D eigenvalue weighted by molar-refractivity contribution is 0.770. The molecule has 1 saturated heterocycles. The van der Waals surface area contributed by atoms with Gasteiger partial charge in [0.15, 0.2) is 0 Å². The molecule has 2 aromatic carbocycles. The Morgan fingerprint density at radius 3 is 2.59 bits per heavy atom. The first-order valence-corrected chi connectivity index (χ1v) is 6.53. The highest BCUT2D eigenvalue weighted by molar-refractivity contribution is 9.10. The van der Waals surface area contributed by atoms with Crippen molar-refractivity contribution in [1.82, 2.24) is 5.32 Å². The predicted molar refractivity (Wildman–Crippen MR) is 79.1 cm³/mol. The molecule has 1 heterocycles. The molecule has 3 heteroatoms.